The number of alkyl halides is 3. The maximum Gasteiger partial charge on any atom is 0.433 e. The van der Waals surface area contributed by atoms with Crippen molar-refractivity contribution in [3.8, 4) is 17.0 Å². The number of fused-ring (bicyclic) bond motifs is 1. The Kier molecular flexibility index (Phi) is 6.84. The van der Waals surface area contributed by atoms with Crippen LogP contribution in [0.2, 0.25) is 0 Å². The number of hydrogen-bond acceptors (Lipinski definition) is 5. The molecule has 0 aliphatic rings. The summed E-state index contributed by atoms with van der Waals surface area (Å²) >= 11 is 3.48. The maximum absolute atomic E-state index is 13.8. The molecule has 1 aromatic carbocycles. The Balaban J connectivity index is 1.58. The highest BCUT2D eigenvalue weighted by molar-refractivity contribution is 9.10. The molecule has 0 unspecified atom stereocenters. The van der Waals surface area contributed by atoms with Crippen LogP contribution in [-0.2, 0) is 12.7 Å². The zero-order chi connectivity index (χ0) is 25.3. The van der Waals surface area contributed by atoms with Gasteiger partial charge in [0.1, 0.15) is 11.3 Å². The van der Waals surface area contributed by atoms with Crippen LogP contribution in [0.5, 0.6) is 5.75 Å². The van der Waals surface area contributed by atoms with Crippen LogP contribution in [0.1, 0.15) is 33.9 Å². The lowest BCUT2D eigenvalue weighted by atomic mass is 10.1. The van der Waals surface area contributed by atoms with Crippen molar-refractivity contribution in [3.63, 3.8) is 0 Å². The Morgan fingerprint density at radius 3 is 2.51 bits per heavy atom. The largest absolute Gasteiger partial charge is 0.497 e. The van der Waals surface area contributed by atoms with E-state index < -0.39 is 17.8 Å². The van der Waals surface area contributed by atoms with Crippen molar-refractivity contribution in [2.45, 2.75) is 33.0 Å². The minimum atomic E-state index is -4.70. The molecule has 1 amide bonds. The van der Waals surface area contributed by atoms with Crippen LogP contribution < -0.4 is 10.1 Å². The van der Waals surface area contributed by atoms with Gasteiger partial charge in [-0.25, -0.2) is 9.50 Å². The number of amides is 1. The van der Waals surface area contributed by atoms with Crippen molar-refractivity contribution in [2.24, 2.45) is 0 Å². The van der Waals surface area contributed by atoms with Crippen LogP contribution in [-0.4, -0.2) is 43.9 Å². The lowest BCUT2D eigenvalue weighted by Gasteiger charge is -2.12. The molecule has 0 saturated carbocycles. The summed E-state index contributed by atoms with van der Waals surface area (Å²) in [6.45, 7) is 4.71. The number of aromatic nitrogens is 5. The summed E-state index contributed by atoms with van der Waals surface area (Å²) in [5.74, 6) is 0.00479. The number of benzene rings is 1. The van der Waals surface area contributed by atoms with Gasteiger partial charge in [0.05, 0.1) is 29.2 Å². The van der Waals surface area contributed by atoms with Gasteiger partial charge in [-0.15, -0.1) is 0 Å². The van der Waals surface area contributed by atoms with E-state index in [9.17, 15) is 18.0 Å². The fourth-order valence-corrected chi connectivity index (χ4v) is 3.94. The van der Waals surface area contributed by atoms with Crippen LogP contribution >= 0.6 is 15.9 Å². The molecule has 4 aromatic rings. The van der Waals surface area contributed by atoms with Crippen LogP contribution in [0.15, 0.2) is 41.0 Å². The molecule has 8 nitrogen and oxygen atoms in total. The molecule has 3 heterocycles. The standard InChI is InChI=1S/C23H22BrF3N6O2/c1-13-20(24)14(2)32(31-13)10-4-9-28-22(34)17-12-29-33-19(23(25,26)27)11-18(30-21(17)33)15-5-7-16(35-3)8-6-15/h5-8,11-12H,4,9-10H2,1-3H3,(H,28,34). The van der Waals surface area contributed by atoms with E-state index in [0.29, 0.717) is 35.3 Å². The SMILES string of the molecule is COc1ccc(-c2cc(C(F)(F)F)n3ncc(C(=O)NCCCn4nc(C)c(Br)c4C)c3n2)cc1. The molecule has 184 valence electrons. The minimum Gasteiger partial charge on any atom is -0.497 e. The van der Waals surface area contributed by atoms with Gasteiger partial charge in [0.15, 0.2) is 11.3 Å². The number of aryl methyl sites for hydroxylation is 2. The molecule has 35 heavy (non-hydrogen) atoms. The van der Waals surface area contributed by atoms with Crippen molar-refractivity contribution in [1.29, 1.82) is 0 Å². The molecule has 3 aromatic heterocycles. The Morgan fingerprint density at radius 1 is 1.20 bits per heavy atom. The first kappa shape index (κ1) is 24.7. The van der Waals surface area contributed by atoms with Crippen LogP contribution in [0.4, 0.5) is 13.2 Å². The molecule has 0 radical (unpaired) electrons. The molecule has 0 atom stereocenters. The van der Waals surface area contributed by atoms with Crippen molar-refractivity contribution in [2.75, 3.05) is 13.7 Å². The number of nitrogens with zero attached hydrogens (tertiary/aromatic N) is 5. The molecule has 0 saturated heterocycles. The zero-order valence-corrected chi connectivity index (χ0v) is 20.7. The van der Waals surface area contributed by atoms with Crippen molar-refractivity contribution in [1.82, 2.24) is 29.7 Å². The van der Waals surface area contributed by atoms with E-state index in [4.69, 9.17) is 4.74 Å². The predicted molar refractivity (Wildman–Crippen MR) is 126 cm³/mol. The van der Waals surface area contributed by atoms with Crippen LogP contribution in [0.25, 0.3) is 16.9 Å². The summed E-state index contributed by atoms with van der Waals surface area (Å²) in [7, 11) is 1.49. The molecule has 0 bridgehead atoms. The molecule has 0 fully saturated rings. The highest BCUT2D eigenvalue weighted by Gasteiger charge is 2.36. The van der Waals surface area contributed by atoms with Gasteiger partial charge >= 0.3 is 6.18 Å². The Labute approximate surface area is 207 Å². The fourth-order valence-electron chi connectivity index (χ4n) is 3.65. The van der Waals surface area contributed by atoms with E-state index in [0.717, 1.165) is 28.1 Å². The molecule has 0 aliphatic heterocycles. The second kappa shape index (κ2) is 9.68. The van der Waals surface area contributed by atoms with Gasteiger partial charge in [0, 0.05) is 24.3 Å². The predicted octanol–water partition coefficient (Wildman–Crippen LogP) is 4.82. The van der Waals surface area contributed by atoms with E-state index >= 15 is 0 Å². The summed E-state index contributed by atoms with van der Waals surface area (Å²) in [6, 6.07) is 7.37. The number of hydrogen-bond donors (Lipinski definition) is 1. The van der Waals surface area contributed by atoms with Gasteiger partial charge in [-0.3, -0.25) is 9.48 Å². The Hall–Kier alpha value is -3.41. The quantitative estimate of drug-likeness (QED) is 0.333. The summed E-state index contributed by atoms with van der Waals surface area (Å²) < 4.78 is 49.9. The van der Waals surface area contributed by atoms with E-state index in [1.807, 2.05) is 18.5 Å². The first-order valence-electron chi connectivity index (χ1n) is 10.7. The van der Waals surface area contributed by atoms with Crippen molar-refractivity contribution >= 4 is 27.5 Å². The zero-order valence-electron chi connectivity index (χ0n) is 19.1. The summed E-state index contributed by atoms with van der Waals surface area (Å²) in [4.78, 5) is 17.2. The fraction of sp³-hybridized carbons (Fsp3) is 0.304. The monoisotopic (exact) mass is 550 g/mol. The number of carbonyl (C=O) groups excluding carboxylic acids is 1. The smallest absolute Gasteiger partial charge is 0.433 e. The van der Waals surface area contributed by atoms with E-state index in [1.165, 1.54) is 7.11 Å². The lowest BCUT2D eigenvalue weighted by Crippen LogP contribution is -2.25. The molecule has 1 N–H and O–H groups in total. The number of carbonyl (C=O) groups is 1. The molecular weight excluding hydrogens is 529 g/mol. The van der Waals surface area contributed by atoms with E-state index in [1.54, 1.807) is 24.3 Å². The van der Waals surface area contributed by atoms with Crippen molar-refractivity contribution < 1.29 is 22.7 Å². The highest BCUT2D eigenvalue weighted by Crippen LogP contribution is 2.33. The van der Waals surface area contributed by atoms with Gasteiger partial charge in [0.25, 0.3) is 5.91 Å². The Bertz CT molecular complexity index is 1380. The molecular formula is C23H22BrF3N6O2. The number of halogens is 4. The first-order valence-corrected chi connectivity index (χ1v) is 11.5. The number of nitrogens with one attached hydrogen (secondary N) is 1. The van der Waals surface area contributed by atoms with Gasteiger partial charge in [-0.2, -0.15) is 23.4 Å². The third-order valence-electron chi connectivity index (χ3n) is 5.52. The lowest BCUT2D eigenvalue weighted by molar-refractivity contribution is -0.142. The summed E-state index contributed by atoms with van der Waals surface area (Å²) in [6.07, 6.45) is -3.02. The van der Waals surface area contributed by atoms with Gasteiger partial charge < -0.3 is 10.1 Å². The minimum absolute atomic E-state index is 0.0419. The van der Waals surface area contributed by atoms with Gasteiger partial charge in [-0.05, 0) is 66.5 Å². The third kappa shape index (κ3) is 5.02. The summed E-state index contributed by atoms with van der Waals surface area (Å²) in [5, 5.41) is 11.0. The van der Waals surface area contributed by atoms with E-state index in [-0.39, 0.29) is 16.9 Å². The van der Waals surface area contributed by atoms with Crippen LogP contribution in [0.3, 0.4) is 0 Å². The number of methoxy groups -OCH3 is 1. The number of ether oxygens (including phenoxy) is 1. The molecule has 0 aliphatic carbocycles. The topological polar surface area (TPSA) is 86.3 Å². The maximum atomic E-state index is 13.8. The number of rotatable bonds is 7. The second-order valence-corrected chi connectivity index (χ2v) is 8.66. The van der Waals surface area contributed by atoms with Gasteiger partial charge in [0.2, 0.25) is 0 Å². The average molecular weight is 551 g/mol. The first-order chi connectivity index (χ1) is 16.6. The summed E-state index contributed by atoms with van der Waals surface area (Å²) in [5.41, 5.74) is 1.12. The van der Waals surface area contributed by atoms with Crippen molar-refractivity contribution in [3.05, 3.63) is 63.6 Å². The molecule has 12 heteroatoms. The average Bonchev–Trinajstić information content (AvgIpc) is 3.37. The van der Waals surface area contributed by atoms with Gasteiger partial charge in [-0.1, -0.05) is 0 Å². The highest BCUT2D eigenvalue weighted by atomic mass is 79.9. The molecule has 4 rings (SSSR count). The normalized spacial score (nSPS) is 11.7. The van der Waals surface area contributed by atoms with E-state index in [2.05, 4.69) is 36.4 Å². The molecule has 0 spiro atoms. The Morgan fingerprint density at radius 2 is 1.91 bits per heavy atom. The third-order valence-corrected chi connectivity index (χ3v) is 6.67. The van der Waals surface area contributed by atoms with Crippen LogP contribution in [0, 0.1) is 13.8 Å². The second-order valence-electron chi connectivity index (χ2n) is 7.86.